The van der Waals surface area contributed by atoms with Crippen LogP contribution < -0.4 is 20.3 Å². The number of nitrogens with one attached hydrogen (secondary N) is 3. The van der Waals surface area contributed by atoms with E-state index >= 15 is 0 Å². The zero-order valence-electron chi connectivity index (χ0n) is 17.7. The first kappa shape index (κ1) is 22.5. The average molecular weight is 410 g/mol. The van der Waals surface area contributed by atoms with Crippen LogP contribution in [0.1, 0.15) is 39.2 Å². The second-order valence-corrected chi connectivity index (χ2v) is 10.2. The quantitative estimate of drug-likeness (QED) is 0.378. The van der Waals surface area contributed by atoms with Crippen LogP contribution in [0.15, 0.2) is 29.3 Å². The van der Waals surface area contributed by atoms with Gasteiger partial charge in [-0.2, -0.15) is 0 Å². The first-order valence-electron chi connectivity index (χ1n) is 9.86. The zero-order chi connectivity index (χ0) is 20.8. The minimum absolute atomic E-state index is 0.176. The van der Waals surface area contributed by atoms with Crippen molar-refractivity contribution < 1.29 is 8.42 Å². The van der Waals surface area contributed by atoms with Crippen LogP contribution in [0.5, 0.6) is 0 Å². The van der Waals surface area contributed by atoms with Gasteiger partial charge in [-0.15, -0.1) is 0 Å². The molecule has 1 heterocycles. The predicted octanol–water partition coefficient (Wildman–Crippen LogP) is 1.67. The lowest BCUT2D eigenvalue weighted by molar-refractivity contribution is 0.461. The van der Waals surface area contributed by atoms with Gasteiger partial charge in [0.05, 0.1) is 6.26 Å². The highest BCUT2D eigenvalue weighted by atomic mass is 32.2. The molecule has 1 saturated heterocycles. The van der Waals surface area contributed by atoms with Gasteiger partial charge in [0.25, 0.3) is 0 Å². The highest BCUT2D eigenvalue weighted by Gasteiger charge is 2.21. The van der Waals surface area contributed by atoms with E-state index in [1.165, 1.54) is 11.3 Å². The summed E-state index contributed by atoms with van der Waals surface area (Å²) in [6.07, 6.45) is 3.22. The van der Waals surface area contributed by atoms with Crippen molar-refractivity contribution in [1.82, 2.24) is 15.4 Å². The molecule has 0 saturated carbocycles. The van der Waals surface area contributed by atoms with Crippen molar-refractivity contribution in [2.45, 2.75) is 45.1 Å². The van der Waals surface area contributed by atoms with Crippen LogP contribution in [0, 0.1) is 0 Å². The highest BCUT2D eigenvalue weighted by molar-refractivity contribution is 7.88. The number of piperidine rings is 1. The van der Waals surface area contributed by atoms with Crippen LogP contribution >= 0.6 is 0 Å². The SMILES string of the molecule is CN=C(NCCNS(C)(=O)=O)NC1CCN(c2ccc(C(C)(C)C)cc2)CC1. The molecule has 1 aliphatic heterocycles. The molecule has 0 atom stereocenters. The highest BCUT2D eigenvalue weighted by Crippen LogP contribution is 2.26. The summed E-state index contributed by atoms with van der Waals surface area (Å²) in [5.41, 5.74) is 2.81. The van der Waals surface area contributed by atoms with E-state index in [2.05, 4.69) is 70.3 Å². The molecular formula is C20H35N5O2S. The minimum Gasteiger partial charge on any atom is -0.371 e. The summed E-state index contributed by atoms with van der Waals surface area (Å²) in [4.78, 5) is 6.66. The van der Waals surface area contributed by atoms with Gasteiger partial charge < -0.3 is 15.5 Å². The van der Waals surface area contributed by atoms with Gasteiger partial charge in [-0.05, 0) is 36.0 Å². The Morgan fingerprint density at radius 3 is 2.25 bits per heavy atom. The number of anilines is 1. The van der Waals surface area contributed by atoms with Crippen molar-refractivity contribution in [3.8, 4) is 0 Å². The van der Waals surface area contributed by atoms with Gasteiger partial charge >= 0.3 is 0 Å². The van der Waals surface area contributed by atoms with E-state index in [4.69, 9.17) is 0 Å². The topological polar surface area (TPSA) is 85.8 Å². The molecule has 0 radical (unpaired) electrons. The molecule has 0 amide bonds. The third-order valence-corrected chi connectivity index (χ3v) is 5.67. The summed E-state index contributed by atoms with van der Waals surface area (Å²) >= 11 is 0. The van der Waals surface area contributed by atoms with Crippen LogP contribution in [0.25, 0.3) is 0 Å². The Bertz CT molecular complexity index is 746. The number of nitrogens with zero attached hydrogens (tertiary/aromatic N) is 2. The lowest BCUT2D eigenvalue weighted by Crippen LogP contribution is -2.49. The lowest BCUT2D eigenvalue weighted by atomic mass is 9.87. The van der Waals surface area contributed by atoms with E-state index in [1.54, 1.807) is 7.05 Å². The van der Waals surface area contributed by atoms with Crippen molar-refractivity contribution in [3.05, 3.63) is 29.8 Å². The molecule has 0 bridgehead atoms. The van der Waals surface area contributed by atoms with Crippen molar-refractivity contribution in [1.29, 1.82) is 0 Å². The first-order chi connectivity index (χ1) is 13.1. The maximum atomic E-state index is 11.1. The van der Waals surface area contributed by atoms with Crippen molar-refractivity contribution >= 4 is 21.7 Å². The van der Waals surface area contributed by atoms with E-state index < -0.39 is 10.0 Å². The maximum Gasteiger partial charge on any atom is 0.208 e. The molecule has 1 aromatic rings. The van der Waals surface area contributed by atoms with E-state index in [9.17, 15) is 8.42 Å². The molecule has 2 rings (SSSR count). The largest absolute Gasteiger partial charge is 0.371 e. The molecule has 0 aliphatic carbocycles. The van der Waals surface area contributed by atoms with Gasteiger partial charge in [0, 0.05) is 45.0 Å². The van der Waals surface area contributed by atoms with Gasteiger partial charge in [-0.3, -0.25) is 4.99 Å². The third-order valence-electron chi connectivity index (χ3n) is 4.94. The average Bonchev–Trinajstić information content (AvgIpc) is 2.63. The minimum atomic E-state index is -3.16. The van der Waals surface area contributed by atoms with Crippen LogP contribution in [-0.4, -0.2) is 59.9 Å². The first-order valence-corrected chi connectivity index (χ1v) is 11.7. The number of aliphatic imine (C=N–C) groups is 1. The Kier molecular flexibility index (Phi) is 7.71. The number of hydrogen-bond donors (Lipinski definition) is 3. The standard InChI is InChI=1S/C20H35N5O2S/c1-20(2,3)16-6-8-18(9-7-16)25-14-10-17(11-15-25)24-19(21-4)22-12-13-23-28(5,26)27/h6-9,17,23H,10-15H2,1-5H3,(H2,21,22,24). The Morgan fingerprint density at radius 1 is 1.14 bits per heavy atom. The second-order valence-electron chi connectivity index (χ2n) is 8.37. The Balaban J connectivity index is 1.78. The van der Waals surface area contributed by atoms with E-state index in [-0.39, 0.29) is 5.41 Å². The van der Waals surface area contributed by atoms with Gasteiger partial charge in [-0.1, -0.05) is 32.9 Å². The van der Waals surface area contributed by atoms with Gasteiger partial charge in [0.15, 0.2) is 5.96 Å². The molecular weight excluding hydrogens is 374 g/mol. The molecule has 158 valence electrons. The number of benzene rings is 1. The van der Waals surface area contributed by atoms with Crippen molar-refractivity contribution in [2.24, 2.45) is 4.99 Å². The number of sulfonamides is 1. The molecule has 7 nitrogen and oxygen atoms in total. The Morgan fingerprint density at radius 2 is 1.75 bits per heavy atom. The second kappa shape index (κ2) is 9.60. The summed E-state index contributed by atoms with van der Waals surface area (Å²) in [7, 11) is -1.43. The number of hydrogen-bond acceptors (Lipinski definition) is 4. The normalized spacial score (nSPS) is 16.9. The van der Waals surface area contributed by atoms with Gasteiger partial charge in [0.1, 0.15) is 0 Å². The Hall–Kier alpha value is -1.80. The summed E-state index contributed by atoms with van der Waals surface area (Å²) < 4.78 is 24.6. The number of guanidine groups is 1. The summed E-state index contributed by atoms with van der Waals surface area (Å²) in [6, 6.07) is 9.28. The fraction of sp³-hybridized carbons (Fsp3) is 0.650. The molecule has 1 aromatic carbocycles. The fourth-order valence-electron chi connectivity index (χ4n) is 3.26. The third kappa shape index (κ3) is 7.31. The maximum absolute atomic E-state index is 11.1. The molecule has 3 N–H and O–H groups in total. The van der Waals surface area contributed by atoms with Gasteiger partial charge in [0.2, 0.25) is 10.0 Å². The molecule has 28 heavy (non-hydrogen) atoms. The Labute approximate surface area is 170 Å². The van der Waals surface area contributed by atoms with Crippen LogP contribution in [0.2, 0.25) is 0 Å². The van der Waals surface area contributed by atoms with Crippen molar-refractivity contribution in [2.75, 3.05) is 44.4 Å². The van der Waals surface area contributed by atoms with Crippen molar-refractivity contribution in [3.63, 3.8) is 0 Å². The summed E-state index contributed by atoms with van der Waals surface area (Å²) in [5, 5.41) is 6.59. The monoisotopic (exact) mass is 409 g/mol. The number of rotatable bonds is 6. The predicted molar refractivity (Wildman–Crippen MR) is 118 cm³/mol. The molecule has 0 aromatic heterocycles. The summed E-state index contributed by atoms with van der Waals surface area (Å²) in [6.45, 7) is 9.53. The van der Waals surface area contributed by atoms with Crippen LogP contribution in [0.3, 0.4) is 0 Å². The van der Waals surface area contributed by atoms with Crippen LogP contribution in [-0.2, 0) is 15.4 Å². The molecule has 0 spiro atoms. The van der Waals surface area contributed by atoms with E-state index in [0.717, 1.165) is 32.2 Å². The molecule has 1 aliphatic rings. The lowest BCUT2D eigenvalue weighted by Gasteiger charge is -2.35. The van der Waals surface area contributed by atoms with E-state index in [0.29, 0.717) is 25.1 Å². The zero-order valence-corrected chi connectivity index (χ0v) is 18.6. The van der Waals surface area contributed by atoms with Gasteiger partial charge in [-0.25, -0.2) is 13.1 Å². The smallest absolute Gasteiger partial charge is 0.208 e. The molecule has 1 fully saturated rings. The summed E-state index contributed by atoms with van der Waals surface area (Å²) in [5.74, 6) is 0.711. The molecule has 0 unspecified atom stereocenters. The van der Waals surface area contributed by atoms with Crippen LogP contribution in [0.4, 0.5) is 5.69 Å². The fourth-order valence-corrected chi connectivity index (χ4v) is 3.73. The van der Waals surface area contributed by atoms with E-state index in [1.807, 2.05) is 0 Å². The molecule has 8 heteroatoms.